The second-order valence-corrected chi connectivity index (χ2v) is 6.30. The molecule has 24 heavy (non-hydrogen) atoms. The summed E-state index contributed by atoms with van der Waals surface area (Å²) in [6, 6.07) is 19.8. The Morgan fingerprint density at radius 2 is 1.58 bits per heavy atom. The van der Waals surface area contributed by atoms with Crippen molar-refractivity contribution in [1.29, 1.82) is 0 Å². The van der Waals surface area contributed by atoms with E-state index in [1.165, 1.54) is 19.3 Å². The molecule has 1 aliphatic rings. The molecule has 1 heterocycles. The van der Waals surface area contributed by atoms with Crippen LogP contribution in [0, 0.1) is 0 Å². The number of rotatable bonds is 8. The number of benzene rings is 2. The maximum atomic E-state index is 12.6. The van der Waals surface area contributed by atoms with Gasteiger partial charge in [-0.15, -0.1) is 0 Å². The molecule has 0 aromatic heterocycles. The van der Waals surface area contributed by atoms with Crippen LogP contribution in [0.15, 0.2) is 60.7 Å². The lowest BCUT2D eigenvalue weighted by atomic mass is 9.90. The van der Waals surface area contributed by atoms with E-state index in [-0.39, 0.29) is 11.9 Å². The Labute approximate surface area is 144 Å². The van der Waals surface area contributed by atoms with Gasteiger partial charge in [-0.25, -0.2) is 0 Å². The molecule has 126 valence electrons. The molecular weight excluding hydrogens is 298 g/mol. The number of hydrogen-bond acceptors (Lipinski definition) is 2. The molecule has 0 saturated carbocycles. The van der Waals surface area contributed by atoms with Crippen LogP contribution in [0.5, 0.6) is 5.75 Å². The van der Waals surface area contributed by atoms with Crippen LogP contribution in [0.4, 0.5) is 0 Å². The van der Waals surface area contributed by atoms with Gasteiger partial charge in [-0.3, -0.25) is 4.79 Å². The molecule has 2 aromatic rings. The summed E-state index contributed by atoms with van der Waals surface area (Å²) in [6.07, 6.45) is 4.24. The van der Waals surface area contributed by atoms with Crippen molar-refractivity contribution in [3.05, 3.63) is 66.2 Å². The lowest BCUT2D eigenvalue weighted by Crippen LogP contribution is -2.61. The van der Waals surface area contributed by atoms with Crippen LogP contribution in [0.2, 0.25) is 0 Å². The summed E-state index contributed by atoms with van der Waals surface area (Å²) in [5.74, 6) is 0.853. The molecule has 1 saturated heterocycles. The number of amides is 1. The third-order valence-electron chi connectivity index (χ3n) is 4.55. The molecule has 1 fully saturated rings. The molecule has 3 nitrogen and oxygen atoms in total. The quantitative estimate of drug-likeness (QED) is 0.525. The highest BCUT2D eigenvalue weighted by Crippen LogP contribution is 2.37. The van der Waals surface area contributed by atoms with Gasteiger partial charge in [0, 0.05) is 6.54 Å². The van der Waals surface area contributed by atoms with Gasteiger partial charge in [0.05, 0.1) is 0 Å². The largest absolute Gasteiger partial charge is 0.478 e. The van der Waals surface area contributed by atoms with Gasteiger partial charge < -0.3 is 9.64 Å². The predicted molar refractivity (Wildman–Crippen MR) is 95.9 cm³/mol. The van der Waals surface area contributed by atoms with Crippen LogP contribution in [0.1, 0.15) is 44.2 Å². The van der Waals surface area contributed by atoms with E-state index in [0.29, 0.717) is 0 Å². The van der Waals surface area contributed by atoms with Crippen molar-refractivity contribution >= 4 is 5.91 Å². The molecule has 3 rings (SSSR count). The van der Waals surface area contributed by atoms with Gasteiger partial charge in [-0.1, -0.05) is 74.7 Å². The van der Waals surface area contributed by atoms with E-state index >= 15 is 0 Å². The first-order valence-corrected chi connectivity index (χ1v) is 8.88. The van der Waals surface area contributed by atoms with E-state index in [4.69, 9.17) is 4.74 Å². The number of para-hydroxylation sites is 1. The summed E-state index contributed by atoms with van der Waals surface area (Å²) in [6.45, 7) is 3.01. The number of carbonyl (C=O) groups is 1. The zero-order valence-electron chi connectivity index (χ0n) is 14.2. The molecule has 3 heteroatoms. The number of ether oxygens (including phenoxy) is 1. The summed E-state index contributed by atoms with van der Waals surface area (Å²) in [5, 5.41) is 0. The molecule has 1 aliphatic heterocycles. The SMILES string of the molecule is CCCCCCN1C(=O)[C@H](Oc2ccccc2)[C@@H]1c1ccccc1. The molecule has 0 aliphatic carbocycles. The Balaban J connectivity index is 1.72. The second kappa shape index (κ2) is 8.00. The van der Waals surface area contributed by atoms with Gasteiger partial charge in [-0.05, 0) is 24.1 Å². The van der Waals surface area contributed by atoms with Gasteiger partial charge in [-0.2, -0.15) is 0 Å². The van der Waals surface area contributed by atoms with Crippen molar-refractivity contribution in [2.75, 3.05) is 6.54 Å². The fraction of sp³-hybridized carbons (Fsp3) is 0.381. The molecule has 2 aromatic carbocycles. The smallest absolute Gasteiger partial charge is 0.266 e. The lowest BCUT2D eigenvalue weighted by Gasteiger charge is -2.47. The number of β-lactam (4-membered cyclic amide) rings is 1. The first-order valence-electron chi connectivity index (χ1n) is 8.88. The summed E-state index contributed by atoms with van der Waals surface area (Å²) in [5.41, 5.74) is 1.15. The zero-order chi connectivity index (χ0) is 16.8. The minimum Gasteiger partial charge on any atom is -0.478 e. The van der Waals surface area contributed by atoms with Crippen LogP contribution in [-0.2, 0) is 4.79 Å². The van der Waals surface area contributed by atoms with Crippen LogP contribution < -0.4 is 4.74 Å². The van der Waals surface area contributed by atoms with Crippen molar-refractivity contribution in [2.45, 2.75) is 44.8 Å². The summed E-state index contributed by atoms with van der Waals surface area (Å²) < 4.78 is 6.00. The van der Waals surface area contributed by atoms with Crippen molar-refractivity contribution in [2.24, 2.45) is 0 Å². The minimum absolute atomic E-state index is 0.0144. The highest BCUT2D eigenvalue weighted by molar-refractivity contribution is 5.89. The Bertz CT molecular complexity index is 641. The maximum absolute atomic E-state index is 12.6. The molecule has 0 radical (unpaired) electrons. The molecule has 1 amide bonds. The third-order valence-corrected chi connectivity index (χ3v) is 4.55. The van der Waals surface area contributed by atoms with Gasteiger partial charge >= 0.3 is 0 Å². The Hall–Kier alpha value is -2.29. The molecule has 0 N–H and O–H groups in total. The van der Waals surface area contributed by atoms with Gasteiger partial charge in [0.15, 0.2) is 0 Å². The fourth-order valence-electron chi connectivity index (χ4n) is 3.24. The molecule has 2 atom stereocenters. The van der Waals surface area contributed by atoms with E-state index in [0.717, 1.165) is 24.3 Å². The van der Waals surface area contributed by atoms with Crippen LogP contribution >= 0.6 is 0 Å². The molecule has 0 spiro atoms. The normalized spacial score (nSPS) is 19.9. The lowest BCUT2D eigenvalue weighted by molar-refractivity contribution is -0.164. The Kier molecular flexibility index (Phi) is 5.52. The van der Waals surface area contributed by atoms with E-state index in [1.807, 2.05) is 53.4 Å². The van der Waals surface area contributed by atoms with Gasteiger partial charge in [0.1, 0.15) is 11.8 Å². The molecule has 0 unspecified atom stereocenters. The van der Waals surface area contributed by atoms with E-state index in [1.54, 1.807) is 0 Å². The minimum atomic E-state index is -0.416. The first kappa shape index (κ1) is 16.6. The van der Waals surface area contributed by atoms with Crippen LogP contribution in [0.25, 0.3) is 0 Å². The monoisotopic (exact) mass is 323 g/mol. The molecular formula is C21H25NO2. The van der Waals surface area contributed by atoms with E-state index in [9.17, 15) is 4.79 Å². The summed E-state index contributed by atoms with van der Waals surface area (Å²) in [7, 11) is 0. The standard InChI is InChI=1S/C21H25NO2/c1-2-3-4-11-16-22-19(17-12-7-5-8-13-17)20(21(22)23)24-18-14-9-6-10-15-18/h5-10,12-15,19-20H,2-4,11,16H2,1H3/t19-,20+/m0/s1. The van der Waals surface area contributed by atoms with E-state index in [2.05, 4.69) is 19.1 Å². The van der Waals surface area contributed by atoms with Crippen molar-refractivity contribution in [3.8, 4) is 5.75 Å². The zero-order valence-corrected chi connectivity index (χ0v) is 14.2. The van der Waals surface area contributed by atoms with E-state index < -0.39 is 6.10 Å². The topological polar surface area (TPSA) is 29.5 Å². The average molecular weight is 323 g/mol. The molecule has 0 bridgehead atoms. The number of nitrogens with zero attached hydrogens (tertiary/aromatic N) is 1. The van der Waals surface area contributed by atoms with Gasteiger partial charge in [0.2, 0.25) is 6.10 Å². The number of hydrogen-bond donors (Lipinski definition) is 0. The van der Waals surface area contributed by atoms with Crippen LogP contribution in [0.3, 0.4) is 0 Å². The highest BCUT2D eigenvalue weighted by atomic mass is 16.5. The first-order chi connectivity index (χ1) is 11.8. The fourth-order valence-corrected chi connectivity index (χ4v) is 3.24. The highest BCUT2D eigenvalue weighted by Gasteiger charge is 2.49. The number of unbranched alkanes of at least 4 members (excludes halogenated alkanes) is 3. The van der Waals surface area contributed by atoms with Crippen molar-refractivity contribution in [3.63, 3.8) is 0 Å². The Morgan fingerprint density at radius 3 is 2.25 bits per heavy atom. The number of likely N-dealkylation sites (tertiary alicyclic amines) is 1. The summed E-state index contributed by atoms with van der Waals surface area (Å²) >= 11 is 0. The predicted octanol–water partition coefficient (Wildman–Crippen LogP) is 4.60. The number of carbonyl (C=O) groups excluding carboxylic acids is 1. The van der Waals surface area contributed by atoms with Crippen LogP contribution in [-0.4, -0.2) is 23.5 Å². The maximum Gasteiger partial charge on any atom is 0.266 e. The summed E-state index contributed by atoms with van der Waals surface area (Å²) in [4.78, 5) is 14.6. The van der Waals surface area contributed by atoms with Crippen molar-refractivity contribution in [1.82, 2.24) is 4.90 Å². The average Bonchev–Trinajstić information content (AvgIpc) is 2.64. The second-order valence-electron chi connectivity index (χ2n) is 6.30. The van der Waals surface area contributed by atoms with Gasteiger partial charge in [0.25, 0.3) is 5.91 Å². The third kappa shape index (κ3) is 3.61. The van der Waals surface area contributed by atoms with Crippen molar-refractivity contribution < 1.29 is 9.53 Å². The Morgan fingerprint density at radius 1 is 0.917 bits per heavy atom.